The summed E-state index contributed by atoms with van der Waals surface area (Å²) in [5, 5.41) is 0. The number of hydrogen-bond acceptors (Lipinski definition) is 0. The SMILES string of the molecule is CC1CCC2C(F)C(C)CC(F)C2C1. The second-order valence-corrected chi connectivity index (χ2v) is 5.42. The number of rotatable bonds is 0. The molecule has 2 heteroatoms. The lowest BCUT2D eigenvalue weighted by Gasteiger charge is -2.44. The summed E-state index contributed by atoms with van der Waals surface area (Å²) in [6, 6.07) is 0. The largest absolute Gasteiger partial charge is 0.247 e. The second-order valence-electron chi connectivity index (χ2n) is 5.42. The Kier molecular flexibility index (Phi) is 2.81. The minimum absolute atomic E-state index is 0.0185. The van der Waals surface area contributed by atoms with Crippen LogP contribution in [0.4, 0.5) is 8.78 Å². The molecule has 0 aromatic carbocycles. The predicted molar refractivity (Wildman–Crippen MR) is 53.6 cm³/mol. The molecule has 0 saturated heterocycles. The van der Waals surface area contributed by atoms with Gasteiger partial charge in [0, 0.05) is 0 Å². The van der Waals surface area contributed by atoms with Crippen molar-refractivity contribution >= 4 is 0 Å². The summed E-state index contributed by atoms with van der Waals surface area (Å²) in [4.78, 5) is 0. The van der Waals surface area contributed by atoms with E-state index in [0.717, 1.165) is 19.3 Å². The van der Waals surface area contributed by atoms with Crippen LogP contribution in [0.3, 0.4) is 0 Å². The fourth-order valence-electron chi connectivity index (χ4n) is 3.34. The van der Waals surface area contributed by atoms with Gasteiger partial charge in [-0.3, -0.25) is 0 Å². The summed E-state index contributed by atoms with van der Waals surface area (Å²) >= 11 is 0. The van der Waals surface area contributed by atoms with Crippen molar-refractivity contribution in [3.63, 3.8) is 0 Å². The third kappa shape index (κ3) is 1.68. The molecule has 0 bridgehead atoms. The molecule has 0 spiro atoms. The van der Waals surface area contributed by atoms with Gasteiger partial charge < -0.3 is 0 Å². The van der Waals surface area contributed by atoms with E-state index in [1.165, 1.54) is 0 Å². The fraction of sp³-hybridized carbons (Fsp3) is 1.00. The van der Waals surface area contributed by atoms with Crippen LogP contribution in [0.2, 0.25) is 0 Å². The van der Waals surface area contributed by atoms with E-state index in [1.807, 2.05) is 6.92 Å². The lowest BCUT2D eigenvalue weighted by atomic mass is 9.64. The molecule has 6 unspecified atom stereocenters. The number of hydrogen-bond donors (Lipinski definition) is 0. The zero-order chi connectivity index (χ0) is 10.3. The first-order valence-corrected chi connectivity index (χ1v) is 5.87. The first-order valence-electron chi connectivity index (χ1n) is 5.87. The van der Waals surface area contributed by atoms with Gasteiger partial charge in [-0.15, -0.1) is 0 Å². The van der Waals surface area contributed by atoms with Gasteiger partial charge >= 0.3 is 0 Å². The maximum Gasteiger partial charge on any atom is 0.106 e. The van der Waals surface area contributed by atoms with Crippen LogP contribution in [0.15, 0.2) is 0 Å². The van der Waals surface area contributed by atoms with Crippen LogP contribution in [-0.4, -0.2) is 12.3 Å². The molecule has 0 amide bonds. The van der Waals surface area contributed by atoms with Crippen molar-refractivity contribution in [2.45, 2.75) is 51.9 Å². The van der Waals surface area contributed by atoms with Crippen molar-refractivity contribution in [1.29, 1.82) is 0 Å². The van der Waals surface area contributed by atoms with Gasteiger partial charge in [-0.1, -0.05) is 20.3 Å². The fourth-order valence-corrected chi connectivity index (χ4v) is 3.34. The van der Waals surface area contributed by atoms with E-state index in [0.29, 0.717) is 12.3 Å². The standard InChI is InChI=1S/C12H20F2/c1-7-3-4-9-10(5-7)11(13)6-8(2)12(9)14/h7-12H,3-6H2,1-2H3. The van der Waals surface area contributed by atoms with E-state index in [2.05, 4.69) is 6.92 Å². The predicted octanol–water partition coefficient (Wildman–Crippen LogP) is 3.75. The molecule has 2 saturated carbocycles. The molecule has 0 aromatic rings. The van der Waals surface area contributed by atoms with Gasteiger partial charge in [0.25, 0.3) is 0 Å². The lowest BCUT2D eigenvalue weighted by molar-refractivity contribution is -0.0330. The van der Waals surface area contributed by atoms with Crippen molar-refractivity contribution in [3.05, 3.63) is 0 Å². The number of alkyl halides is 2. The van der Waals surface area contributed by atoms with Gasteiger partial charge in [0.2, 0.25) is 0 Å². The monoisotopic (exact) mass is 202 g/mol. The van der Waals surface area contributed by atoms with Crippen LogP contribution in [0.25, 0.3) is 0 Å². The van der Waals surface area contributed by atoms with E-state index < -0.39 is 12.3 Å². The molecular formula is C12H20F2. The van der Waals surface area contributed by atoms with E-state index >= 15 is 0 Å². The van der Waals surface area contributed by atoms with Gasteiger partial charge in [0.15, 0.2) is 0 Å². The zero-order valence-corrected chi connectivity index (χ0v) is 9.05. The van der Waals surface area contributed by atoms with Crippen LogP contribution in [0, 0.1) is 23.7 Å². The van der Waals surface area contributed by atoms with Crippen LogP contribution in [-0.2, 0) is 0 Å². The molecule has 2 fully saturated rings. The third-order valence-electron chi connectivity index (χ3n) is 4.23. The molecule has 2 aliphatic carbocycles. The maximum atomic E-state index is 13.8. The van der Waals surface area contributed by atoms with Gasteiger partial charge in [-0.2, -0.15) is 0 Å². The first-order chi connectivity index (χ1) is 6.59. The minimum atomic E-state index is -0.750. The Balaban J connectivity index is 2.10. The van der Waals surface area contributed by atoms with Gasteiger partial charge in [-0.05, 0) is 42.9 Å². The van der Waals surface area contributed by atoms with Gasteiger partial charge in [0.05, 0.1) is 0 Å². The van der Waals surface area contributed by atoms with E-state index in [9.17, 15) is 8.78 Å². The summed E-state index contributed by atoms with van der Waals surface area (Å²) in [6.07, 6.45) is 1.83. The number of halogens is 2. The summed E-state index contributed by atoms with van der Waals surface area (Å²) in [6.45, 7) is 4.01. The Hall–Kier alpha value is -0.140. The Morgan fingerprint density at radius 2 is 1.64 bits per heavy atom. The minimum Gasteiger partial charge on any atom is -0.247 e. The average Bonchev–Trinajstić information content (AvgIpc) is 2.14. The lowest BCUT2D eigenvalue weighted by Crippen LogP contribution is -2.44. The van der Waals surface area contributed by atoms with Gasteiger partial charge in [-0.25, -0.2) is 8.78 Å². The smallest absolute Gasteiger partial charge is 0.106 e. The van der Waals surface area contributed by atoms with E-state index in [-0.39, 0.29) is 17.8 Å². The van der Waals surface area contributed by atoms with Crippen LogP contribution < -0.4 is 0 Å². The van der Waals surface area contributed by atoms with Crippen molar-refractivity contribution in [1.82, 2.24) is 0 Å². The molecule has 0 nitrogen and oxygen atoms in total. The highest BCUT2D eigenvalue weighted by atomic mass is 19.1. The molecule has 0 N–H and O–H groups in total. The van der Waals surface area contributed by atoms with Crippen LogP contribution in [0.1, 0.15) is 39.5 Å². The maximum absolute atomic E-state index is 13.8. The molecular weight excluding hydrogens is 182 g/mol. The molecule has 2 aliphatic rings. The zero-order valence-electron chi connectivity index (χ0n) is 9.05. The quantitative estimate of drug-likeness (QED) is 0.561. The molecule has 14 heavy (non-hydrogen) atoms. The Bertz CT molecular complexity index is 204. The molecule has 0 radical (unpaired) electrons. The molecule has 0 heterocycles. The van der Waals surface area contributed by atoms with E-state index in [1.54, 1.807) is 0 Å². The molecule has 6 atom stereocenters. The third-order valence-corrected chi connectivity index (χ3v) is 4.23. The summed E-state index contributed by atoms with van der Waals surface area (Å²) in [5.74, 6) is 0.560. The topological polar surface area (TPSA) is 0 Å². The number of fused-ring (bicyclic) bond motifs is 1. The molecule has 0 aliphatic heterocycles. The average molecular weight is 202 g/mol. The van der Waals surface area contributed by atoms with Crippen molar-refractivity contribution in [2.75, 3.05) is 0 Å². The molecule has 0 aromatic heterocycles. The Morgan fingerprint density at radius 3 is 2.36 bits per heavy atom. The summed E-state index contributed by atoms with van der Waals surface area (Å²) in [7, 11) is 0. The Labute approximate surface area is 85.1 Å². The summed E-state index contributed by atoms with van der Waals surface area (Å²) in [5.41, 5.74) is 0. The van der Waals surface area contributed by atoms with Crippen molar-refractivity contribution in [2.24, 2.45) is 23.7 Å². The van der Waals surface area contributed by atoms with Crippen LogP contribution in [0.5, 0.6) is 0 Å². The normalized spacial score (nSPS) is 54.0. The second kappa shape index (κ2) is 3.79. The summed E-state index contributed by atoms with van der Waals surface area (Å²) < 4.78 is 27.6. The van der Waals surface area contributed by atoms with Crippen molar-refractivity contribution < 1.29 is 8.78 Å². The molecule has 2 rings (SSSR count). The van der Waals surface area contributed by atoms with Crippen molar-refractivity contribution in [3.8, 4) is 0 Å². The Morgan fingerprint density at radius 1 is 0.929 bits per heavy atom. The van der Waals surface area contributed by atoms with Crippen LogP contribution >= 0.6 is 0 Å². The van der Waals surface area contributed by atoms with E-state index in [4.69, 9.17) is 0 Å². The highest BCUT2D eigenvalue weighted by Gasteiger charge is 2.45. The highest BCUT2D eigenvalue weighted by Crippen LogP contribution is 2.46. The highest BCUT2D eigenvalue weighted by molar-refractivity contribution is 4.94. The van der Waals surface area contributed by atoms with Gasteiger partial charge in [0.1, 0.15) is 12.3 Å². The first kappa shape index (κ1) is 10.4. The molecule has 82 valence electrons.